The van der Waals surface area contributed by atoms with E-state index in [1.54, 1.807) is 0 Å². The van der Waals surface area contributed by atoms with E-state index in [0.717, 1.165) is 33.9 Å². The minimum absolute atomic E-state index is 0.748. The lowest BCUT2D eigenvalue weighted by Crippen LogP contribution is -1.95. The molecule has 0 saturated carbocycles. The summed E-state index contributed by atoms with van der Waals surface area (Å²) in [6.07, 6.45) is 0. The molecule has 0 atom stereocenters. The Kier molecular flexibility index (Phi) is 10.5. The molecule has 0 amide bonds. The van der Waals surface area contributed by atoms with Gasteiger partial charge in [0, 0.05) is 16.7 Å². The van der Waals surface area contributed by atoms with Crippen LogP contribution in [0.3, 0.4) is 0 Å². The van der Waals surface area contributed by atoms with Crippen LogP contribution in [0.2, 0.25) is 0 Å². The van der Waals surface area contributed by atoms with Crippen molar-refractivity contribution in [3.05, 3.63) is 229 Å². The highest BCUT2D eigenvalue weighted by Crippen LogP contribution is 2.37. The van der Waals surface area contributed by atoms with Crippen molar-refractivity contribution >= 4 is 21.5 Å². The molecule has 282 valence electrons. The van der Waals surface area contributed by atoms with E-state index in [0.29, 0.717) is 0 Å². The molecule has 0 spiro atoms. The highest BCUT2D eigenvalue weighted by atomic mass is 14.9. The number of hydrogen-bond donors (Lipinski definition) is 0. The Bertz CT molecular complexity index is 2980. The summed E-state index contributed by atoms with van der Waals surface area (Å²) in [5.41, 5.74) is 16.6. The van der Waals surface area contributed by atoms with Gasteiger partial charge in [0.25, 0.3) is 0 Å². The maximum absolute atomic E-state index is 4.82. The quantitative estimate of drug-likeness (QED) is 0.169. The van der Waals surface area contributed by atoms with Gasteiger partial charge in [-0.15, -0.1) is 0 Å². The molecule has 10 rings (SSSR count). The number of hydrogen-bond acceptors (Lipinski definition) is 2. The second-order valence-electron chi connectivity index (χ2n) is 15.2. The van der Waals surface area contributed by atoms with Crippen molar-refractivity contribution in [1.82, 2.24) is 9.97 Å². The summed E-state index contributed by atoms with van der Waals surface area (Å²) in [4.78, 5) is 9.62. The van der Waals surface area contributed by atoms with E-state index in [2.05, 4.69) is 185 Å². The van der Waals surface area contributed by atoms with Crippen molar-refractivity contribution in [1.29, 1.82) is 0 Å². The highest BCUT2D eigenvalue weighted by molar-refractivity contribution is 6.01. The third-order valence-corrected chi connectivity index (χ3v) is 11.1. The van der Waals surface area contributed by atoms with Gasteiger partial charge in [-0.2, -0.15) is 0 Å². The molecule has 9 aromatic carbocycles. The van der Waals surface area contributed by atoms with Crippen LogP contribution in [-0.4, -0.2) is 9.97 Å². The van der Waals surface area contributed by atoms with E-state index in [4.69, 9.17) is 9.97 Å². The average Bonchev–Trinajstić information content (AvgIpc) is 3.30. The first-order valence-corrected chi connectivity index (χ1v) is 20.2. The predicted octanol–water partition coefficient (Wildman–Crippen LogP) is 15.4. The Labute approximate surface area is 347 Å². The maximum Gasteiger partial charge on any atom is 0.160 e. The van der Waals surface area contributed by atoms with Crippen molar-refractivity contribution in [2.45, 2.75) is 20.8 Å². The molecule has 0 fully saturated rings. The summed E-state index contributed by atoms with van der Waals surface area (Å²) >= 11 is 0. The van der Waals surface area contributed by atoms with Crippen LogP contribution in [0.4, 0.5) is 0 Å². The summed E-state index contributed by atoms with van der Waals surface area (Å²) < 4.78 is 0. The van der Waals surface area contributed by atoms with Crippen molar-refractivity contribution in [2.75, 3.05) is 0 Å². The van der Waals surface area contributed by atoms with Crippen molar-refractivity contribution in [3.63, 3.8) is 0 Å². The largest absolute Gasteiger partial charge is 0.228 e. The van der Waals surface area contributed by atoms with Crippen LogP contribution in [0, 0.1) is 20.8 Å². The van der Waals surface area contributed by atoms with E-state index in [1.165, 1.54) is 71.6 Å². The standard InChI is InChI=1S/C34H26.C23H18N2/c1-23-8-6-7-11-32(23)34-24(2)12-13-27-16-19-30(22-33(27)34)29-18-15-26-14-17-28(20-31(26)21-29)25-9-4-3-5-10-25;1-17-12-14-19(15-13-17)22-16-21(18-8-4-2-5-9-18)24-23(25-22)20-10-6-3-7-11-20/h3-22H,1-2H3;2-16H,1H3. The molecule has 0 aliphatic carbocycles. The summed E-state index contributed by atoms with van der Waals surface area (Å²) in [5, 5.41) is 5.12. The van der Waals surface area contributed by atoms with Crippen LogP contribution >= 0.6 is 0 Å². The molecule has 2 nitrogen and oxygen atoms in total. The van der Waals surface area contributed by atoms with Gasteiger partial charge < -0.3 is 0 Å². The second kappa shape index (κ2) is 16.6. The molecule has 0 bridgehead atoms. The zero-order valence-electron chi connectivity index (χ0n) is 33.6. The van der Waals surface area contributed by atoms with Gasteiger partial charge in [0.15, 0.2) is 5.82 Å². The molecule has 0 unspecified atom stereocenters. The van der Waals surface area contributed by atoms with Gasteiger partial charge in [-0.1, -0.05) is 194 Å². The van der Waals surface area contributed by atoms with E-state index in [9.17, 15) is 0 Å². The molecular weight excluding hydrogens is 713 g/mol. The second-order valence-corrected chi connectivity index (χ2v) is 15.2. The molecule has 10 aromatic rings. The van der Waals surface area contributed by atoms with E-state index < -0.39 is 0 Å². The summed E-state index contributed by atoms with van der Waals surface area (Å²) in [7, 11) is 0. The van der Waals surface area contributed by atoms with Crippen LogP contribution in [0.5, 0.6) is 0 Å². The molecule has 1 heterocycles. The molecule has 59 heavy (non-hydrogen) atoms. The Hall–Kier alpha value is -7.42. The Morgan fingerprint density at radius 3 is 1.41 bits per heavy atom. The lowest BCUT2D eigenvalue weighted by atomic mass is 9.89. The van der Waals surface area contributed by atoms with E-state index in [-0.39, 0.29) is 0 Å². The molecule has 0 N–H and O–H groups in total. The molecule has 1 aromatic heterocycles. The first-order valence-electron chi connectivity index (χ1n) is 20.2. The summed E-state index contributed by atoms with van der Waals surface area (Å²) in [6, 6.07) is 75.1. The lowest BCUT2D eigenvalue weighted by molar-refractivity contribution is 1.18. The fraction of sp³-hybridized carbons (Fsp3) is 0.0526. The average molecular weight is 757 g/mol. The Morgan fingerprint density at radius 2 is 0.780 bits per heavy atom. The van der Waals surface area contributed by atoms with Crippen LogP contribution in [0.25, 0.3) is 88.8 Å². The lowest BCUT2D eigenvalue weighted by Gasteiger charge is -2.15. The molecule has 0 aliphatic rings. The van der Waals surface area contributed by atoms with Gasteiger partial charge in [-0.25, -0.2) is 9.97 Å². The Balaban J connectivity index is 0.000000160. The molecule has 0 aliphatic heterocycles. The Morgan fingerprint density at radius 1 is 0.305 bits per heavy atom. The van der Waals surface area contributed by atoms with Crippen LogP contribution in [0.1, 0.15) is 16.7 Å². The zero-order valence-corrected chi connectivity index (χ0v) is 33.6. The smallest absolute Gasteiger partial charge is 0.160 e. The van der Waals surface area contributed by atoms with Gasteiger partial charge >= 0.3 is 0 Å². The SMILES string of the molecule is Cc1ccc(-c2cc(-c3ccccc3)nc(-c3ccccc3)n2)cc1.Cc1ccccc1-c1c(C)ccc2ccc(-c3ccc4ccc(-c5ccccc5)cc4c3)cc12. The first kappa shape index (κ1) is 37.2. The first-order chi connectivity index (χ1) is 29.0. The minimum atomic E-state index is 0.748. The molecule has 0 saturated heterocycles. The van der Waals surface area contributed by atoms with Gasteiger partial charge in [0.2, 0.25) is 0 Å². The normalized spacial score (nSPS) is 11.0. The van der Waals surface area contributed by atoms with Gasteiger partial charge in [-0.05, 0) is 111 Å². The maximum atomic E-state index is 4.82. The number of nitrogens with zero attached hydrogens (tertiary/aromatic N) is 2. The third-order valence-electron chi connectivity index (χ3n) is 11.1. The minimum Gasteiger partial charge on any atom is -0.228 e. The van der Waals surface area contributed by atoms with Gasteiger partial charge in [0.1, 0.15) is 0 Å². The van der Waals surface area contributed by atoms with Crippen LogP contribution < -0.4 is 0 Å². The number of aromatic nitrogens is 2. The zero-order chi connectivity index (χ0) is 40.1. The topological polar surface area (TPSA) is 25.8 Å². The number of rotatable bonds is 6. The fourth-order valence-electron chi connectivity index (χ4n) is 7.85. The van der Waals surface area contributed by atoms with Crippen LogP contribution in [0.15, 0.2) is 212 Å². The predicted molar refractivity (Wildman–Crippen MR) is 250 cm³/mol. The van der Waals surface area contributed by atoms with Gasteiger partial charge in [0.05, 0.1) is 11.4 Å². The monoisotopic (exact) mass is 756 g/mol. The molecular formula is C57H44N2. The van der Waals surface area contributed by atoms with E-state index >= 15 is 0 Å². The summed E-state index contributed by atoms with van der Waals surface area (Å²) in [6.45, 7) is 6.51. The van der Waals surface area contributed by atoms with Crippen molar-refractivity contribution in [3.8, 4) is 67.3 Å². The highest BCUT2D eigenvalue weighted by Gasteiger charge is 2.13. The van der Waals surface area contributed by atoms with E-state index in [1.807, 2.05) is 48.5 Å². The van der Waals surface area contributed by atoms with Gasteiger partial charge in [-0.3, -0.25) is 0 Å². The van der Waals surface area contributed by atoms with Crippen molar-refractivity contribution in [2.24, 2.45) is 0 Å². The van der Waals surface area contributed by atoms with Crippen molar-refractivity contribution < 1.29 is 0 Å². The fourth-order valence-corrected chi connectivity index (χ4v) is 7.85. The molecule has 0 radical (unpaired) electrons. The third kappa shape index (κ3) is 8.08. The summed E-state index contributed by atoms with van der Waals surface area (Å²) in [5.74, 6) is 0.748. The number of benzene rings is 9. The molecule has 2 heteroatoms. The number of aryl methyl sites for hydroxylation is 3. The van der Waals surface area contributed by atoms with Crippen LogP contribution in [-0.2, 0) is 0 Å². The number of fused-ring (bicyclic) bond motifs is 2.